The van der Waals surface area contributed by atoms with Crippen LogP contribution in [0.4, 0.5) is 13.2 Å². The van der Waals surface area contributed by atoms with Gasteiger partial charge in [-0.3, -0.25) is 4.79 Å². The van der Waals surface area contributed by atoms with Crippen molar-refractivity contribution in [3.05, 3.63) is 57.9 Å². The number of carboxylic acids is 1. The van der Waals surface area contributed by atoms with Gasteiger partial charge in [0.05, 0.1) is 18.0 Å². The number of carbonyl (C=O) groups is 1. The Morgan fingerprint density at radius 1 is 1.25 bits per heavy atom. The Labute approximate surface area is 187 Å². The fourth-order valence-corrected chi connectivity index (χ4v) is 5.77. The number of benzene rings is 1. The van der Waals surface area contributed by atoms with Crippen LogP contribution in [0.25, 0.3) is 0 Å². The molecule has 1 aromatic carbocycles. The van der Waals surface area contributed by atoms with E-state index in [2.05, 4.69) is 24.5 Å². The minimum Gasteiger partial charge on any atom is -0.481 e. The van der Waals surface area contributed by atoms with Crippen LogP contribution in [0.1, 0.15) is 105 Å². The van der Waals surface area contributed by atoms with E-state index in [-0.39, 0.29) is 18.4 Å². The summed E-state index contributed by atoms with van der Waals surface area (Å²) in [6.45, 7) is 8.29. The summed E-state index contributed by atoms with van der Waals surface area (Å²) in [5.41, 5.74) is 3.74. The smallest absolute Gasteiger partial charge is 0.416 e. The van der Waals surface area contributed by atoms with Crippen LogP contribution >= 0.6 is 0 Å². The number of hydrogen-bond donors (Lipinski definition) is 1. The molecule has 1 N–H and O–H groups in total. The Balaban J connectivity index is 1.93. The van der Waals surface area contributed by atoms with Gasteiger partial charge in [0.1, 0.15) is 0 Å². The van der Waals surface area contributed by atoms with E-state index in [9.17, 15) is 23.1 Å². The molecule has 1 aliphatic carbocycles. The Morgan fingerprint density at radius 3 is 2.59 bits per heavy atom. The fourth-order valence-electron chi connectivity index (χ4n) is 5.77. The van der Waals surface area contributed by atoms with Gasteiger partial charge in [-0.2, -0.15) is 13.2 Å². The molecule has 0 bridgehead atoms. The second-order valence-corrected chi connectivity index (χ2v) is 10.4. The van der Waals surface area contributed by atoms with Gasteiger partial charge in [-0.1, -0.05) is 33.8 Å². The van der Waals surface area contributed by atoms with E-state index in [1.807, 2.05) is 13.8 Å². The van der Waals surface area contributed by atoms with Crippen LogP contribution in [0.15, 0.2) is 24.3 Å². The molecule has 1 aromatic heterocycles. The standard InChI is InChI=1S/C26H32F3NO2/c1-15(2)8-11-21-19-10-9-18(26(27,28)29)14-20(19)25(3,4)22-12-16-6-5-7-17(13-23(31)32)24(16)30(21)22/h9-10,12,14-15,17,21H,5-8,11,13H2,1-4H3,(H,31,32)/t17-,21-/m0/s1. The zero-order valence-corrected chi connectivity index (χ0v) is 19.2. The molecule has 4 rings (SSSR count). The SMILES string of the molecule is CC(C)CC[C@H]1c2ccc(C(F)(F)F)cc2C(C)(C)c2cc3c(n21)[C@H](CC(=O)O)CCC3. The van der Waals surface area contributed by atoms with Gasteiger partial charge in [0.25, 0.3) is 0 Å². The first-order chi connectivity index (χ1) is 14.9. The number of aromatic nitrogens is 1. The molecule has 2 aromatic rings. The first kappa shape index (κ1) is 22.9. The molecular formula is C26H32F3NO2. The maximum Gasteiger partial charge on any atom is 0.416 e. The van der Waals surface area contributed by atoms with Gasteiger partial charge in [0.2, 0.25) is 0 Å². The maximum absolute atomic E-state index is 13.6. The molecule has 1 aliphatic heterocycles. The van der Waals surface area contributed by atoms with E-state index in [0.29, 0.717) is 5.92 Å². The molecular weight excluding hydrogens is 415 g/mol. The summed E-state index contributed by atoms with van der Waals surface area (Å²) in [5, 5.41) is 9.53. The third kappa shape index (κ3) is 3.86. The lowest BCUT2D eigenvalue weighted by molar-refractivity contribution is -0.138. The number of aliphatic carboxylic acids is 1. The van der Waals surface area contributed by atoms with E-state index >= 15 is 0 Å². The summed E-state index contributed by atoms with van der Waals surface area (Å²) in [7, 11) is 0. The number of halogens is 3. The molecule has 174 valence electrons. The predicted molar refractivity (Wildman–Crippen MR) is 118 cm³/mol. The molecule has 0 saturated heterocycles. The van der Waals surface area contributed by atoms with E-state index in [1.54, 1.807) is 6.07 Å². The van der Waals surface area contributed by atoms with Gasteiger partial charge >= 0.3 is 12.1 Å². The number of hydrogen-bond acceptors (Lipinski definition) is 1. The van der Waals surface area contributed by atoms with Crippen molar-refractivity contribution in [2.75, 3.05) is 0 Å². The Morgan fingerprint density at radius 2 is 1.97 bits per heavy atom. The van der Waals surface area contributed by atoms with Crippen molar-refractivity contribution in [1.82, 2.24) is 4.57 Å². The summed E-state index contributed by atoms with van der Waals surface area (Å²) >= 11 is 0. The van der Waals surface area contributed by atoms with E-state index < -0.39 is 23.1 Å². The monoisotopic (exact) mass is 447 g/mol. The molecule has 0 fully saturated rings. The molecule has 3 nitrogen and oxygen atoms in total. The van der Waals surface area contributed by atoms with Crippen LogP contribution in [0, 0.1) is 5.92 Å². The summed E-state index contributed by atoms with van der Waals surface area (Å²) < 4.78 is 43.0. The summed E-state index contributed by atoms with van der Waals surface area (Å²) in [5.74, 6) is -0.395. The van der Waals surface area contributed by atoms with E-state index in [4.69, 9.17) is 0 Å². The Hall–Kier alpha value is -2.24. The third-order valence-electron chi connectivity index (χ3n) is 7.35. The largest absolute Gasteiger partial charge is 0.481 e. The average molecular weight is 448 g/mol. The number of alkyl halides is 3. The summed E-state index contributed by atoms with van der Waals surface area (Å²) in [6.07, 6.45) is 0.137. The first-order valence-electron chi connectivity index (χ1n) is 11.6. The van der Waals surface area contributed by atoms with Gasteiger partial charge in [0, 0.05) is 22.7 Å². The molecule has 0 radical (unpaired) electrons. The van der Waals surface area contributed by atoms with Crippen molar-refractivity contribution in [2.45, 2.75) is 89.8 Å². The van der Waals surface area contributed by atoms with Crippen LogP contribution in [0.5, 0.6) is 0 Å². The Bertz CT molecular complexity index is 1030. The molecule has 0 spiro atoms. The van der Waals surface area contributed by atoms with Crippen molar-refractivity contribution in [2.24, 2.45) is 5.92 Å². The van der Waals surface area contributed by atoms with Gasteiger partial charge in [0.15, 0.2) is 0 Å². The number of rotatable bonds is 5. The lowest BCUT2D eigenvalue weighted by atomic mass is 9.73. The highest BCUT2D eigenvalue weighted by Gasteiger charge is 2.43. The van der Waals surface area contributed by atoms with Crippen molar-refractivity contribution in [1.29, 1.82) is 0 Å². The van der Waals surface area contributed by atoms with E-state index in [0.717, 1.165) is 54.6 Å². The topological polar surface area (TPSA) is 42.2 Å². The van der Waals surface area contributed by atoms with Gasteiger partial charge in [-0.25, -0.2) is 0 Å². The van der Waals surface area contributed by atoms with Crippen molar-refractivity contribution >= 4 is 5.97 Å². The molecule has 0 unspecified atom stereocenters. The van der Waals surface area contributed by atoms with Gasteiger partial charge in [-0.05, 0) is 72.9 Å². The van der Waals surface area contributed by atoms with Crippen LogP contribution in [-0.2, 0) is 22.8 Å². The number of nitrogens with zero attached hydrogens (tertiary/aromatic N) is 1. The normalized spacial score (nSPS) is 21.8. The highest BCUT2D eigenvalue weighted by Crippen LogP contribution is 2.51. The highest BCUT2D eigenvalue weighted by molar-refractivity contribution is 5.68. The van der Waals surface area contributed by atoms with Crippen LogP contribution in [-0.4, -0.2) is 15.6 Å². The van der Waals surface area contributed by atoms with Crippen LogP contribution in [0.2, 0.25) is 0 Å². The second kappa shape index (κ2) is 7.96. The molecule has 0 amide bonds. The molecule has 2 heterocycles. The van der Waals surface area contributed by atoms with Crippen molar-refractivity contribution < 1.29 is 23.1 Å². The average Bonchev–Trinajstić information content (AvgIpc) is 3.08. The van der Waals surface area contributed by atoms with Crippen LogP contribution < -0.4 is 0 Å². The highest BCUT2D eigenvalue weighted by atomic mass is 19.4. The zero-order chi connectivity index (χ0) is 23.4. The molecule has 2 atom stereocenters. The molecule has 2 aliphatic rings. The quantitative estimate of drug-likeness (QED) is 0.533. The number of aryl methyl sites for hydroxylation is 1. The molecule has 6 heteroatoms. The second-order valence-electron chi connectivity index (χ2n) is 10.4. The molecule has 0 saturated carbocycles. The number of fused-ring (bicyclic) bond motifs is 4. The minimum atomic E-state index is -4.39. The van der Waals surface area contributed by atoms with Crippen molar-refractivity contribution in [3.63, 3.8) is 0 Å². The van der Waals surface area contributed by atoms with E-state index in [1.165, 1.54) is 17.7 Å². The maximum atomic E-state index is 13.6. The fraction of sp³-hybridized carbons (Fsp3) is 0.577. The lowest BCUT2D eigenvalue weighted by Gasteiger charge is -2.42. The predicted octanol–water partition coefficient (Wildman–Crippen LogP) is 7.07. The van der Waals surface area contributed by atoms with Crippen LogP contribution in [0.3, 0.4) is 0 Å². The zero-order valence-electron chi connectivity index (χ0n) is 19.2. The van der Waals surface area contributed by atoms with Gasteiger partial charge in [-0.15, -0.1) is 0 Å². The van der Waals surface area contributed by atoms with Gasteiger partial charge < -0.3 is 9.67 Å². The molecule has 32 heavy (non-hydrogen) atoms. The lowest BCUT2D eigenvalue weighted by Crippen LogP contribution is -2.35. The minimum absolute atomic E-state index is 0.0571. The summed E-state index contributed by atoms with van der Waals surface area (Å²) in [6, 6.07) is 6.27. The Kier molecular flexibility index (Phi) is 5.71. The summed E-state index contributed by atoms with van der Waals surface area (Å²) in [4.78, 5) is 11.6. The van der Waals surface area contributed by atoms with Crippen molar-refractivity contribution in [3.8, 4) is 0 Å². The first-order valence-corrected chi connectivity index (χ1v) is 11.6. The number of carboxylic acid groups (broad SMARTS) is 1. The third-order valence-corrected chi connectivity index (χ3v) is 7.35.